The van der Waals surface area contributed by atoms with Crippen molar-refractivity contribution in [3.8, 4) is 0 Å². The summed E-state index contributed by atoms with van der Waals surface area (Å²) < 4.78 is -1.06. The van der Waals surface area contributed by atoms with E-state index < -0.39 is 34.7 Å². The second-order valence-corrected chi connectivity index (χ2v) is 5.37. The first kappa shape index (κ1) is 13.7. The van der Waals surface area contributed by atoms with Crippen LogP contribution in [0.25, 0.3) is 0 Å². The third-order valence-corrected chi connectivity index (χ3v) is 3.16. The second kappa shape index (κ2) is 6.22. The van der Waals surface area contributed by atoms with Crippen LogP contribution in [0.3, 0.4) is 0 Å². The molecular formula is C6H14O6Pb. The van der Waals surface area contributed by atoms with E-state index in [1.54, 1.807) is 0 Å². The Morgan fingerprint density at radius 2 is 1.31 bits per heavy atom. The predicted molar refractivity (Wildman–Crippen MR) is 44.3 cm³/mol. The molecule has 0 aromatic rings. The summed E-state index contributed by atoms with van der Waals surface area (Å²) >= 11 is 0.0353. The van der Waals surface area contributed by atoms with Crippen LogP contribution in [0.1, 0.15) is 0 Å². The zero-order valence-electron chi connectivity index (χ0n) is 6.85. The van der Waals surface area contributed by atoms with E-state index in [-0.39, 0.29) is 25.8 Å². The first-order valence-electron chi connectivity index (χ1n) is 3.68. The van der Waals surface area contributed by atoms with E-state index in [2.05, 4.69) is 0 Å². The Hall–Kier alpha value is 0.682. The summed E-state index contributed by atoms with van der Waals surface area (Å²) in [7, 11) is 0. The van der Waals surface area contributed by atoms with Gasteiger partial charge in [0.1, 0.15) is 0 Å². The Kier molecular flexibility index (Phi) is 6.55. The molecule has 0 aliphatic heterocycles. The second-order valence-electron chi connectivity index (χ2n) is 2.71. The van der Waals surface area contributed by atoms with Crippen LogP contribution in [-0.4, -0.2) is 91.1 Å². The molecule has 2 radical (unpaired) electrons. The van der Waals surface area contributed by atoms with Gasteiger partial charge in [0, 0.05) is 0 Å². The zero-order valence-corrected chi connectivity index (χ0v) is 11.3. The van der Waals surface area contributed by atoms with Gasteiger partial charge in [-0.15, -0.1) is 0 Å². The molecule has 0 saturated heterocycles. The molecule has 6 nitrogen and oxygen atoms in total. The van der Waals surface area contributed by atoms with Gasteiger partial charge >= 0.3 is 91.1 Å². The van der Waals surface area contributed by atoms with Gasteiger partial charge in [-0.2, -0.15) is 0 Å². The molecule has 7 heteroatoms. The average Bonchev–Trinajstić information content (AvgIpc) is 2.12. The molecule has 6 N–H and O–H groups in total. The molecule has 0 heterocycles. The Balaban J connectivity index is 4.15. The van der Waals surface area contributed by atoms with Crippen molar-refractivity contribution in [3.05, 3.63) is 0 Å². The molecule has 0 rings (SSSR count). The van der Waals surface area contributed by atoms with Gasteiger partial charge in [0.05, 0.1) is 0 Å². The molecule has 0 aliphatic rings. The van der Waals surface area contributed by atoms with Gasteiger partial charge in [-0.3, -0.25) is 0 Å². The van der Waals surface area contributed by atoms with Gasteiger partial charge in [0.15, 0.2) is 0 Å². The SMILES string of the molecule is OC[C@@H](O)[C@@H](O)[C@H](O)[C@@H](O)[CH](O)[PbH]. The van der Waals surface area contributed by atoms with Crippen molar-refractivity contribution in [2.24, 2.45) is 0 Å². The van der Waals surface area contributed by atoms with Crippen molar-refractivity contribution in [1.29, 1.82) is 0 Å². The van der Waals surface area contributed by atoms with Crippen molar-refractivity contribution in [2.45, 2.75) is 28.1 Å². The van der Waals surface area contributed by atoms with E-state index in [1.807, 2.05) is 0 Å². The standard InChI is InChI=1S/C6H13O6.Pb.H/c7-1-3(9)5(11)6(12)4(10)2-8;;/h1,3-12H,2H2;;/t3-,4+,5+,6+;;/m0../s1. The first-order valence-corrected chi connectivity index (χ1v) is 6.27. The summed E-state index contributed by atoms with van der Waals surface area (Å²) in [6.07, 6.45) is -6.31. The molecule has 0 aromatic carbocycles. The topological polar surface area (TPSA) is 121 Å². The summed E-state index contributed by atoms with van der Waals surface area (Å²) in [6, 6.07) is 0. The Labute approximate surface area is 91.1 Å². The Morgan fingerprint density at radius 3 is 1.62 bits per heavy atom. The molecule has 0 fully saturated rings. The van der Waals surface area contributed by atoms with Crippen LogP contribution in [-0.2, 0) is 0 Å². The third-order valence-electron chi connectivity index (χ3n) is 1.63. The fourth-order valence-corrected chi connectivity index (χ4v) is 1.62. The predicted octanol–water partition coefficient (Wildman–Crippen LogP) is -4.36. The van der Waals surface area contributed by atoms with Gasteiger partial charge < -0.3 is 0 Å². The van der Waals surface area contributed by atoms with E-state index in [4.69, 9.17) is 30.6 Å². The van der Waals surface area contributed by atoms with E-state index >= 15 is 0 Å². The summed E-state index contributed by atoms with van der Waals surface area (Å²) in [5.41, 5.74) is 0. The average molecular weight is 389 g/mol. The fourth-order valence-electron chi connectivity index (χ4n) is 0.740. The van der Waals surface area contributed by atoms with Crippen LogP contribution >= 0.6 is 0 Å². The van der Waals surface area contributed by atoms with Crippen molar-refractivity contribution in [3.63, 3.8) is 0 Å². The molecule has 1 unspecified atom stereocenters. The minimum absolute atomic E-state index is 0.0353. The van der Waals surface area contributed by atoms with E-state index in [0.717, 1.165) is 0 Å². The van der Waals surface area contributed by atoms with Crippen LogP contribution in [0.15, 0.2) is 0 Å². The van der Waals surface area contributed by atoms with Crippen LogP contribution < -0.4 is 0 Å². The Bertz CT molecular complexity index is 143. The molecule has 0 amide bonds. The number of hydrogen-bond acceptors (Lipinski definition) is 6. The van der Waals surface area contributed by atoms with Crippen LogP contribution in [0.2, 0.25) is 0 Å². The van der Waals surface area contributed by atoms with Gasteiger partial charge in [0.25, 0.3) is 0 Å². The maximum absolute atomic E-state index is 9.15. The van der Waals surface area contributed by atoms with Crippen LogP contribution in [0.5, 0.6) is 0 Å². The molecule has 0 aromatic heterocycles. The molecule has 0 saturated carbocycles. The van der Waals surface area contributed by atoms with Crippen molar-refractivity contribution in [2.75, 3.05) is 6.61 Å². The molecule has 5 atom stereocenters. The van der Waals surface area contributed by atoms with Gasteiger partial charge in [-0.25, -0.2) is 0 Å². The van der Waals surface area contributed by atoms with Gasteiger partial charge in [0.2, 0.25) is 0 Å². The van der Waals surface area contributed by atoms with Crippen molar-refractivity contribution < 1.29 is 30.6 Å². The molecule has 0 bridgehead atoms. The third kappa shape index (κ3) is 4.15. The first-order chi connectivity index (χ1) is 5.91. The molecular weight excluding hydrogens is 375 g/mol. The van der Waals surface area contributed by atoms with Crippen molar-refractivity contribution in [1.82, 2.24) is 0 Å². The number of aliphatic hydroxyl groups is 6. The molecule has 13 heavy (non-hydrogen) atoms. The normalized spacial score (nSPS) is 23.3. The number of rotatable bonds is 5. The van der Waals surface area contributed by atoms with Gasteiger partial charge in [-0.1, -0.05) is 0 Å². The van der Waals surface area contributed by atoms with E-state index in [0.29, 0.717) is 0 Å². The number of hydrogen-bond donors (Lipinski definition) is 6. The monoisotopic (exact) mass is 390 g/mol. The molecule has 0 spiro atoms. The summed E-state index contributed by atoms with van der Waals surface area (Å²) in [6.45, 7) is -0.718. The van der Waals surface area contributed by atoms with Crippen LogP contribution in [0.4, 0.5) is 0 Å². The zero-order chi connectivity index (χ0) is 10.6. The summed E-state index contributed by atoms with van der Waals surface area (Å²) in [5, 5.41) is 53.6. The summed E-state index contributed by atoms with van der Waals surface area (Å²) in [5.74, 6) is 0. The Morgan fingerprint density at radius 1 is 0.846 bits per heavy atom. The molecule has 78 valence electrons. The van der Waals surface area contributed by atoms with Crippen molar-refractivity contribution >= 4 is 25.8 Å². The van der Waals surface area contributed by atoms with E-state index in [9.17, 15) is 0 Å². The van der Waals surface area contributed by atoms with E-state index in [1.165, 1.54) is 0 Å². The maximum atomic E-state index is 9.15. The van der Waals surface area contributed by atoms with Crippen LogP contribution in [0, 0.1) is 0 Å². The molecule has 0 aliphatic carbocycles. The minimum atomic E-state index is -1.66. The van der Waals surface area contributed by atoms with Gasteiger partial charge in [-0.05, 0) is 0 Å². The summed E-state index contributed by atoms with van der Waals surface area (Å²) in [4.78, 5) is 0. The number of aliphatic hydroxyl groups excluding tert-OH is 6. The fraction of sp³-hybridized carbons (Fsp3) is 1.00. The quantitative estimate of drug-likeness (QED) is 0.265.